The zero-order chi connectivity index (χ0) is 18.9. The van der Waals surface area contributed by atoms with Crippen LogP contribution in [0.3, 0.4) is 0 Å². The summed E-state index contributed by atoms with van der Waals surface area (Å²) in [6, 6.07) is 6.10. The van der Waals surface area contributed by atoms with Gasteiger partial charge in [-0.25, -0.2) is 0 Å². The van der Waals surface area contributed by atoms with Crippen LogP contribution in [0.5, 0.6) is 0 Å². The first-order valence-corrected chi connectivity index (χ1v) is 9.51. The van der Waals surface area contributed by atoms with Crippen LogP contribution in [0.25, 0.3) is 0 Å². The van der Waals surface area contributed by atoms with E-state index in [-0.39, 0.29) is 18.4 Å². The molecule has 1 aliphatic heterocycles. The summed E-state index contributed by atoms with van der Waals surface area (Å²) in [7, 11) is 0. The fraction of sp³-hybridized carbons (Fsp3) is 0.600. The first-order chi connectivity index (χ1) is 12.5. The van der Waals surface area contributed by atoms with Gasteiger partial charge in [-0.3, -0.25) is 14.5 Å². The molecule has 1 aromatic rings. The zero-order valence-corrected chi connectivity index (χ0v) is 16.2. The summed E-state index contributed by atoms with van der Waals surface area (Å²) in [6.45, 7) is 10.3. The van der Waals surface area contributed by atoms with Crippen molar-refractivity contribution in [2.45, 2.75) is 33.6 Å². The van der Waals surface area contributed by atoms with E-state index in [1.165, 1.54) is 6.92 Å². The van der Waals surface area contributed by atoms with E-state index in [2.05, 4.69) is 24.1 Å². The van der Waals surface area contributed by atoms with E-state index in [9.17, 15) is 9.59 Å². The molecule has 0 aromatic heterocycles. The quantitative estimate of drug-likeness (QED) is 0.769. The molecule has 0 bridgehead atoms. The topological polar surface area (TPSA) is 61.9 Å². The van der Waals surface area contributed by atoms with Gasteiger partial charge in [0.2, 0.25) is 11.8 Å². The molecule has 144 valence electrons. The molecule has 0 aliphatic carbocycles. The fourth-order valence-corrected chi connectivity index (χ4v) is 3.19. The van der Waals surface area contributed by atoms with Crippen molar-refractivity contribution in [3.8, 4) is 0 Å². The van der Waals surface area contributed by atoms with Crippen molar-refractivity contribution >= 4 is 17.5 Å². The third kappa shape index (κ3) is 5.81. The maximum atomic E-state index is 12.6. The average molecular weight is 361 g/mol. The lowest BCUT2D eigenvalue weighted by Gasteiger charge is -2.29. The first kappa shape index (κ1) is 20.4. The Morgan fingerprint density at radius 3 is 2.31 bits per heavy atom. The highest BCUT2D eigenvalue weighted by atomic mass is 16.5. The van der Waals surface area contributed by atoms with Crippen LogP contribution in [0.2, 0.25) is 0 Å². The number of benzene rings is 1. The molecule has 0 radical (unpaired) electrons. The number of nitrogens with zero attached hydrogens (tertiary/aromatic N) is 2. The molecule has 0 atom stereocenters. The number of anilines is 1. The average Bonchev–Trinajstić information content (AvgIpc) is 2.65. The van der Waals surface area contributed by atoms with Gasteiger partial charge in [0.1, 0.15) is 0 Å². The van der Waals surface area contributed by atoms with E-state index >= 15 is 0 Å². The lowest BCUT2D eigenvalue weighted by molar-refractivity contribution is -0.133. The Hall–Kier alpha value is -1.92. The molecular weight excluding hydrogens is 330 g/mol. The first-order valence-electron chi connectivity index (χ1n) is 9.51. The summed E-state index contributed by atoms with van der Waals surface area (Å²) in [4.78, 5) is 28.4. The lowest BCUT2D eigenvalue weighted by Crippen LogP contribution is -2.44. The molecule has 2 amide bonds. The number of carbonyl (C=O) groups excluding carboxylic acids is 2. The Labute approximate surface area is 156 Å². The minimum Gasteiger partial charge on any atom is -0.379 e. The molecule has 0 spiro atoms. The van der Waals surface area contributed by atoms with Crippen molar-refractivity contribution in [2.75, 3.05) is 51.3 Å². The van der Waals surface area contributed by atoms with Gasteiger partial charge < -0.3 is 15.0 Å². The highest BCUT2D eigenvalue weighted by Crippen LogP contribution is 2.22. The van der Waals surface area contributed by atoms with Gasteiger partial charge in [-0.15, -0.1) is 0 Å². The predicted octanol–water partition coefficient (Wildman–Crippen LogP) is 1.93. The van der Waals surface area contributed by atoms with E-state index in [1.807, 2.05) is 18.2 Å². The summed E-state index contributed by atoms with van der Waals surface area (Å²) >= 11 is 0. The molecule has 6 nitrogen and oxygen atoms in total. The summed E-state index contributed by atoms with van der Waals surface area (Å²) in [5, 5.41) is 3.04. The Morgan fingerprint density at radius 1 is 1.15 bits per heavy atom. The van der Waals surface area contributed by atoms with E-state index in [4.69, 9.17) is 4.74 Å². The molecule has 1 heterocycles. The van der Waals surface area contributed by atoms with Crippen molar-refractivity contribution in [1.82, 2.24) is 9.80 Å². The van der Waals surface area contributed by atoms with E-state index in [1.54, 1.807) is 4.90 Å². The Balaban J connectivity index is 1.96. The molecular formula is C20H31N3O3. The van der Waals surface area contributed by atoms with Gasteiger partial charge in [-0.1, -0.05) is 32.0 Å². The molecule has 0 unspecified atom stereocenters. The van der Waals surface area contributed by atoms with Gasteiger partial charge in [0.25, 0.3) is 0 Å². The van der Waals surface area contributed by atoms with Crippen LogP contribution in [-0.4, -0.2) is 67.6 Å². The third-order valence-electron chi connectivity index (χ3n) is 4.83. The van der Waals surface area contributed by atoms with Crippen LogP contribution in [0.4, 0.5) is 5.69 Å². The molecule has 0 saturated carbocycles. The molecule has 2 rings (SSSR count). The second-order valence-corrected chi connectivity index (χ2v) is 6.60. The van der Waals surface area contributed by atoms with Gasteiger partial charge in [-0.2, -0.15) is 0 Å². The maximum Gasteiger partial charge on any atom is 0.244 e. The second-order valence-electron chi connectivity index (χ2n) is 6.60. The number of rotatable bonds is 8. The number of para-hydroxylation sites is 1. The molecule has 1 N–H and O–H groups in total. The van der Waals surface area contributed by atoms with Gasteiger partial charge in [0.05, 0.1) is 19.8 Å². The summed E-state index contributed by atoms with van der Waals surface area (Å²) in [6.07, 6.45) is 1.72. The van der Waals surface area contributed by atoms with E-state index in [0.717, 1.165) is 62.5 Å². The fourth-order valence-electron chi connectivity index (χ4n) is 3.19. The van der Waals surface area contributed by atoms with Crippen LogP contribution in [0.1, 0.15) is 31.9 Å². The molecule has 1 saturated heterocycles. The van der Waals surface area contributed by atoms with Crippen molar-refractivity contribution in [3.63, 3.8) is 0 Å². The lowest BCUT2D eigenvalue weighted by atomic mass is 10.0. The molecule has 1 fully saturated rings. The van der Waals surface area contributed by atoms with Gasteiger partial charge in [0, 0.05) is 38.8 Å². The van der Waals surface area contributed by atoms with E-state index in [0.29, 0.717) is 6.54 Å². The highest BCUT2D eigenvalue weighted by Gasteiger charge is 2.18. The molecule has 6 heteroatoms. The van der Waals surface area contributed by atoms with Crippen molar-refractivity contribution < 1.29 is 14.3 Å². The third-order valence-corrected chi connectivity index (χ3v) is 4.83. The van der Waals surface area contributed by atoms with Crippen molar-refractivity contribution in [1.29, 1.82) is 0 Å². The summed E-state index contributed by atoms with van der Waals surface area (Å²) in [5.74, 6) is -0.217. The molecule has 1 aromatic carbocycles. The largest absolute Gasteiger partial charge is 0.379 e. The van der Waals surface area contributed by atoms with Crippen molar-refractivity contribution in [3.05, 3.63) is 29.3 Å². The minimum atomic E-state index is -0.141. The van der Waals surface area contributed by atoms with E-state index < -0.39 is 0 Å². The highest BCUT2D eigenvalue weighted by molar-refractivity contribution is 5.95. The second kappa shape index (κ2) is 10.3. The maximum absolute atomic E-state index is 12.6. The molecule has 1 aliphatic rings. The SMILES string of the molecule is CCc1cccc(CC)c1NC(=O)CN(CCN1CCOCC1)C(C)=O. The predicted molar refractivity (Wildman–Crippen MR) is 103 cm³/mol. The standard InChI is InChI=1S/C20H31N3O3/c1-4-17-7-6-8-18(5-2)20(17)21-19(25)15-23(16(3)24)10-9-22-11-13-26-14-12-22/h6-8H,4-5,9-15H2,1-3H3,(H,21,25). The van der Waals surface area contributed by atoms with Crippen molar-refractivity contribution in [2.24, 2.45) is 0 Å². The number of morpholine rings is 1. The summed E-state index contributed by atoms with van der Waals surface area (Å²) < 4.78 is 5.34. The van der Waals surface area contributed by atoms with Crippen LogP contribution in [0, 0.1) is 0 Å². The number of ether oxygens (including phenoxy) is 1. The zero-order valence-electron chi connectivity index (χ0n) is 16.2. The Bertz CT molecular complexity index is 590. The summed E-state index contributed by atoms with van der Waals surface area (Å²) in [5.41, 5.74) is 3.15. The van der Waals surface area contributed by atoms with Crippen LogP contribution < -0.4 is 5.32 Å². The Kier molecular flexibility index (Phi) is 8.06. The molecule has 26 heavy (non-hydrogen) atoms. The number of nitrogens with one attached hydrogen (secondary N) is 1. The number of hydrogen-bond acceptors (Lipinski definition) is 4. The smallest absolute Gasteiger partial charge is 0.244 e. The van der Waals surface area contributed by atoms with Gasteiger partial charge >= 0.3 is 0 Å². The Morgan fingerprint density at radius 2 is 1.77 bits per heavy atom. The van der Waals surface area contributed by atoms with Crippen LogP contribution in [-0.2, 0) is 27.2 Å². The number of aryl methyl sites for hydroxylation is 2. The van der Waals surface area contributed by atoms with Crippen LogP contribution >= 0.6 is 0 Å². The monoisotopic (exact) mass is 361 g/mol. The van der Waals surface area contributed by atoms with Gasteiger partial charge in [-0.05, 0) is 24.0 Å². The number of amides is 2. The number of hydrogen-bond donors (Lipinski definition) is 1. The normalized spacial score (nSPS) is 14.9. The number of carbonyl (C=O) groups is 2. The van der Waals surface area contributed by atoms with Gasteiger partial charge in [0.15, 0.2) is 0 Å². The van der Waals surface area contributed by atoms with Crippen LogP contribution in [0.15, 0.2) is 18.2 Å². The minimum absolute atomic E-state index is 0.0760.